The number of hydrogen-bond donors (Lipinski definition) is 0. The second kappa shape index (κ2) is 11.9. The number of carbonyl (C=O) groups is 1. The minimum absolute atomic E-state index is 0.117. The van der Waals surface area contributed by atoms with Crippen molar-refractivity contribution in [1.29, 1.82) is 0 Å². The summed E-state index contributed by atoms with van der Waals surface area (Å²) in [7, 11) is 0. The lowest BCUT2D eigenvalue weighted by atomic mass is 10.1. The molecule has 0 N–H and O–H groups in total. The molecule has 0 amide bonds. The van der Waals surface area contributed by atoms with Gasteiger partial charge in [-0.15, -0.1) is 0 Å². The van der Waals surface area contributed by atoms with Gasteiger partial charge < -0.3 is 0 Å². The van der Waals surface area contributed by atoms with E-state index in [4.69, 9.17) is 4.89 Å². The average Bonchev–Trinajstić information content (AvgIpc) is 2.31. The fourth-order valence-electron chi connectivity index (χ4n) is 1.49. The molecule has 0 saturated heterocycles. The average molecular weight is 244 g/mol. The van der Waals surface area contributed by atoms with Crippen molar-refractivity contribution in [1.82, 2.24) is 0 Å². The monoisotopic (exact) mass is 244 g/mol. The van der Waals surface area contributed by atoms with E-state index < -0.39 is 0 Å². The van der Waals surface area contributed by atoms with Crippen molar-refractivity contribution in [2.24, 2.45) is 5.92 Å². The highest BCUT2D eigenvalue weighted by Gasteiger charge is 2.08. The molecule has 102 valence electrons. The molecule has 0 aliphatic rings. The molecule has 0 bridgehead atoms. The summed E-state index contributed by atoms with van der Waals surface area (Å²) >= 11 is 0. The molecule has 0 aliphatic carbocycles. The van der Waals surface area contributed by atoms with E-state index in [0.29, 0.717) is 6.61 Å². The molecule has 0 aromatic heterocycles. The maximum absolute atomic E-state index is 11.0. The molecule has 0 aromatic carbocycles. The number of unbranched alkanes of at least 4 members (excludes halogenated alkanes) is 7. The Kier molecular flexibility index (Phi) is 11.5. The van der Waals surface area contributed by atoms with Crippen molar-refractivity contribution in [2.75, 3.05) is 6.61 Å². The number of carbonyl (C=O) groups excluding carboxylic acids is 1. The van der Waals surface area contributed by atoms with Gasteiger partial charge in [-0.05, 0) is 6.42 Å². The molecule has 0 spiro atoms. The van der Waals surface area contributed by atoms with E-state index in [1.165, 1.54) is 38.5 Å². The van der Waals surface area contributed by atoms with Crippen LogP contribution in [0.15, 0.2) is 0 Å². The fourth-order valence-corrected chi connectivity index (χ4v) is 1.49. The summed E-state index contributed by atoms with van der Waals surface area (Å²) in [4.78, 5) is 20.5. The van der Waals surface area contributed by atoms with Crippen molar-refractivity contribution in [2.45, 2.75) is 72.1 Å². The van der Waals surface area contributed by atoms with Crippen LogP contribution in [0.5, 0.6) is 0 Å². The molecule has 0 radical (unpaired) electrons. The van der Waals surface area contributed by atoms with Gasteiger partial charge in [0, 0.05) is 0 Å². The predicted octanol–water partition coefficient (Wildman–Crippen LogP) is 4.26. The first-order valence-corrected chi connectivity index (χ1v) is 7.01. The molecule has 0 unspecified atom stereocenters. The maximum atomic E-state index is 11.0. The van der Waals surface area contributed by atoms with Crippen molar-refractivity contribution in [3.05, 3.63) is 0 Å². The van der Waals surface area contributed by atoms with E-state index in [-0.39, 0.29) is 11.9 Å². The first-order chi connectivity index (χ1) is 8.18. The predicted molar refractivity (Wildman–Crippen MR) is 69.5 cm³/mol. The highest BCUT2D eigenvalue weighted by Crippen LogP contribution is 2.08. The molecule has 0 aliphatic heterocycles. The molecular formula is C14H28O3. The topological polar surface area (TPSA) is 35.5 Å². The Morgan fingerprint density at radius 1 is 0.941 bits per heavy atom. The standard InChI is InChI=1S/C14H28O3/c1-4-5-6-7-8-9-10-11-12-16-17-14(15)13(2)3/h13H,4-12H2,1-3H3. The van der Waals surface area contributed by atoms with Gasteiger partial charge in [-0.1, -0.05) is 65.7 Å². The summed E-state index contributed by atoms with van der Waals surface area (Å²) in [5.74, 6) is -0.405. The first kappa shape index (κ1) is 16.4. The molecule has 3 heteroatoms. The second-order valence-corrected chi connectivity index (χ2v) is 4.85. The highest BCUT2D eigenvalue weighted by molar-refractivity contribution is 5.70. The third kappa shape index (κ3) is 11.7. The van der Waals surface area contributed by atoms with Crippen LogP contribution in [0, 0.1) is 5.92 Å². The summed E-state index contributed by atoms with van der Waals surface area (Å²) in [6.07, 6.45) is 10.1. The zero-order valence-electron chi connectivity index (χ0n) is 11.7. The van der Waals surface area contributed by atoms with E-state index in [1.54, 1.807) is 13.8 Å². The van der Waals surface area contributed by atoms with Crippen LogP contribution in [0.1, 0.15) is 72.1 Å². The van der Waals surface area contributed by atoms with E-state index in [9.17, 15) is 4.79 Å². The molecular weight excluding hydrogens is 216 g/mol. The SMILES string of the molecule is CCCCCCCCCCOOC(=O)C(C)C. The van der Waals surface area contributed by atoms with Crippen LogP contribution in [0.3, 0.4) is 0 Å². The van der Waals surface area contributed by atoms with Crippen LogP contribution in [-0.4, -0.2) is 12.6 Å². The summed E-state index contributed by atoms with van der Waals surface area (Å²) in [6, 6.07) is 0. The van der Waals surface area contributed by atoms with Gasteiger partial charge in [-0.3, -0.25) is 4.89 Å². The lowest BCUT2D eigenvalue weighted by molar-refractivity contribution is -0.275. The van der Waals surface area contributed by atoms with Gasteiger partial charge >= 0.3 is 5.97 Å². The van der Waals surface area contributed by atoms with Crippen LogP contribution >= 0.6 is 0 Å². The molecule has 0 atom stereocenters. The Labute approximate surface area is 106 Å². The van der Waals surface area contributed by atoms with Gasteiger partial charge in [0.05, 0.1) is 12.5 Å². The lowest BCUT2D eigenvalue weighted by Crippen LogP contribution is -2.12. The van der Waals surface area contributed by atoms with Crippen LogP contribution in [0.2, 0.25) is 0 Å². The highest BCUT2D eigenvalue weighted by atomic mass is 17.2. The zero-order chi connectivity index (χ0) is 12.9. The van der Waals surface area contributed by atoms with Gasteiger partial charge in [0.15, 0.2) is 0 Å². The van der Waals surface area contributed by atoms with Gasteiger partial charge in [0.2, 0.25) is 0 Å². The summed E-state index contributed by atoms with van der Waals surface area (Å²) in [6.45, 7) is 6.34. The summed E-state index contributed by atoms with van der Waals surface area (Å²) < 4.78 is 0. The molecule has 0 rings (SSSR count). The maximum Gasteiger partial charge on any atom is 0.344 e. The van der Waals surface area contributed by atoms with E-state index in [0.717, 1.165) is 12.8 Å². The quantitative estimate of drug-likeness (QED) is 0.309. The Bertz CT molecular complexity index is 178. The van der Waals surface area contributed by atoms with Crippen LogP contribution in [0.4, 0.5) is 0 Å². The molecule has 0 saturated carbocycles. The Morgan fingerprint density at radius 3 is 2.00 bits per heavy atom. The van der Waals surface area contributed by atoms with Crippen molar-refractivity contribution >= 4 is 5.97 Å². The Hall–Kier alpha value is -0.570. The van der Waals surface area contributed by atoms with Crippen molar-refractivity contribution in [3.63, 3.8) is 0 Å². The Morgan fingerprint density at radius 2 is 1.47 bits per heavy atom. The molecule has 0 heterocycles. The van der Waals surface area contributed by atoms with Gasteiger partial charge in [-0.25, -0.2) is 4.79 Å². The van der Waals surface area contributed by atoms with Gasteiger partial charge in [-0.2, -0.15) is 4.89 Å². The third-order valence-electron chi connectivity index (χ3n) is 2.69. The van der Waals surface area contributed by atoms with E-state index in [2.05, 4.69) is 11.8 Å². The summed E-state index contributed by atoms with van der Waals surface area (Å²) in [5, 5.41) is 0. The van der Waals surface area contributed by atoms with Crippen LogP contribution < -0.4 is 0 Å². The largest absolute Gasteiger partial charge is 0.344 e. The normalized spacial score (nSPS) is 10.8. The second-order valence-electron chi connectivity index (χ2n) is 4.85. The Balaban J connectivity index is 3.06. The van der Waals surface area contributed by atoms with Crippen LogP contribution in [-0.2, 0) is 14.6 Å². The van der Waals surface area contributed by atoms with E-state index >= 15 is 0 Å². The molecule has 17 heavy (non-hydrogen) atoms. The van der Waals surface area contributed by atoms with E-state index in [1.807, 2.05) is 0 Å². The fraction of sp³-hybridized carbons (Fsp3) is 0.929. The van der Waals surface area contributed by atoms with Gasteiger partial charge in [0.1, 0.15) is 0 Å². The third-order valence-corrected chi connectivity index (χ3v) is 2.69. The smallest absolute Gasteiger partial charge is 0.298 e. The van der Waals surface area contributed by atoms with Gasteiger partial charge in [0.25, 0.3) is 0 Å². The van der Waals surface area contributed by atoms with Crippen molar-refractivity contribution < 1.29 is 14.6 Å². The number of hydrogen-bond acceptors (Lipinski definition) is 3. The molecule has 0 aromatic rings. The number of rotatable bonds is 11. The molecule has 0 fully saturated rings. The minimum Gasteiger partial charge on any atom is -0.298 e. The van der Waals surface area contributed by atoms with Crippen LogP contribution in [0.25, 0.3) is 0 Å². The van der Waals surface area contributed by atoms with Crippen molar-refractivity contribution in [3.8, 4) is 0 Å². The minimum atomic E-state index is -0.287. The summed E-state index contributed by atoms with van der Waals surface area (Å²) in [5.41, 5.74) is 0. The zero-order valence-corrected chi connectivity index (χ0v) is 11.7. The lowest BCUT2D eigenvalue weighted by Gasteiger charge is -2.05. The first-order valence-electron chi connectivity index (χ1n) is 7.01. The molecule has 3 nitrogen and oxygen atoms in total.